The van der Waals surface area contributed by atoms with Crippen LogP contribution in [0.4, 0.5) is 0 Å². The molecule has 4 aliphatic carbocycles. The molecule has 0 radical (unpaired) electrons. The molecule has 1 spiro atoms. The van der Waals surface area contributed by atoms with E-state index < -0.39 is 17.4 Å². The van der Waals surface area contributed by atoms with Crippen molar-refractivity contribution in [3.05, 3.63) is 47.1 Å². The van der Waals surface area contributed by atoms with Gasteiger partial charge >= 0.3 is 11.9 Å². The van der Waals surface area contributed by atoms with Crippen LogP contribution in [0, 0.1) is 16.7 Å². The number of rotatable bonds is 2. The maximum absolute atomic E-state index is 11.5. The molecule has 19 heavy (non-hydrogen) atoms. The standard InChI is InChI=1S/C15H12O4/c16-12(17)10-8-1-2-15(11(10)13(18)19)6-5-14(3-4-14)7-9(8)15/h1-2,5-8H,3-4H2,(H,16,17)(H,18,19). The van der Waals surface area contributed by atoms with E-state index in [0.717, 1.165) is 18.4 Å². The molecule has 0 amide bonds. The summed E-state index contributed by atoms with van der Waals surface area (Å²) in [7, 11) is 0. The summed E-state index contributed by atoms with van der Waals surface area (Å²) in [5.41, 5.74) is 0.245. The monoisotopic (exact) mass is 256 g/mol. The zero-order chi connectivity index (χ0) is 13.4. The minimum absolute atomic E-state index is 0.0190. The molecule has 0 aliphatic heterocycles. The normalized spacial score (nSPS) is 35.6. The minimum atomic E-state index is -1.13. The highest BCUT2D eigenvalue weighted by Crippen LogP contribution is 2.64. The van der Waals surface area contributed by atoms with E-state index in [4.69, 9.17) is 0 Å². The van der Waals surface area contributed by atoms with Gasteiger partial charge in [-0.25, -0.2) is 9.59 Å². The zero-order valence-electron chi connectivity index (χ0n) is 10.1. The van der Waals surface area contributed by atoms with Gasteiger partial charge < -0.3 is 10.2 Å². The van der Waals surface area contributed by atoms with E-state index in [-0.39, 0.29) is 22.5 Å². The van der Waals surface area contributed by atoms with Crippen LogP contribution in [0.5, 0.6) is 0 Å². The third-order valence-electron chi connectivity index (χ3n) is 4.75. The van der Waals surface area contributed by atoms with Crippen LogP contribution in [-0.2, 0) is 9.59 Å². The van der Waals surface area contributed by atoms with Gasteiger partial charge in [-0.15, -0.1) is 0 Å². The third-order valence-corrected chi connectivity index (χ3v) is 4.75. The number of hydrogen-bond donors (Lipinski definition) is 2. The van der Waals surface area contributed by atoms with Gasteiger partial charge in [0.05, 0.1) is 16.6 Å². The second-order valence-corrected chi connectivity index (χ2v) is 5.77. The van der Waals surface area contributed by atoms with Crippen LogP contribution in [-0.4, -0.2) is 22.2 Å². The van der Waals surface area contributed by atoms with E-state index in [1.165, 1.54) is 0 Å². The van der Waals surface area contributed by atoms with Gasteiger partial charge in [0.2, 0.25) is 0 Å². The topological polar surface area (TPSA) is 74.6 Å². The number of allylic oxidation sites excluding steroid dienone is 6. The first-order valence-corrected chi connectivity index (χ1v) is 6.33. The largest absolute Gasteiger partial charge is 0.478 e. The van der Waals surface area contributed by atoms with Gasteiger partial charge in [0.25, 0.3) is 0 Å². The first-order chi connectivity index (χ1) is 8.99. The van der Waals surface area contributed by atoms with Crippen LogP contribution < -0.4 is 0 Å². The van der Waals surface area contributed by atoms with Crippen molar-refractivity contribution in [3.8, 4) is 0 Å². The maximum Gasteiger partial charge on any atom is 0.333 e. The van der Waals surface area contributed by atoms with Crippen molar-refractivity contribution in [2.45, 2.75) is 12.8 Å². The molecular weight excluding hydrogens is 244 g/mol. The first kappa shape index (κ1) is 10.8. The summed E-state index contributed by atoms with van der Waals surface area (Å²) in [5.74, 6) is -2.63. The molecule has 2 bridgehead atoms. The Kier molecular flexibility index (Phi) is 1.65. The highest BCUT2D eigenvalue weighted by molar-refractivity contribution is 6.05. The number of carbonyl (C=O) groups is 2. The average molecular weight is 256 g/mol. The fourth-order valence-corrected chi connectivity index (χ4v) is 3.65. The highest BCUT2D eigenvalue weighted by atomic mass is 16.4. The lowest BCUT2D eigenvalue weighted by atomic mass is 9.73. The van der Waals surface area contributed by atoms with Crippen LogP contribution >= 0.6 is 0 Å². The maximum atomic E-state index is 11.5. The van der Waals surface area contributed by atoms with Crippen molar-refractivity contribution in [2.75, 3.05) is 0 Å². The zero-order valence-corrected chi connectivity index (χ0v) is 10.1. The smallest absolute Gasteiger partial charge is 0.333 e. The summed E-state index contributed by atoms with van der Waals surface area (Å²) in [4.78, 5) is 22.9. The van der Waals surface area contributed by atoms with E-state index in [1.807, 2.05) is 18.2 Å². The van der Waals surface area contributed by atoms with Gasteiger partial charge in [0.1, 0.15) is 0 Å². The van der Waals surface area contributed by atoms with Crippen molar-refractivity contribution in [1.29, 1.82) is 0 Å². The van der Waals surface area contributed by atoms with Crippen molar-refractivity contribution in [3.63, 3.8) is 0 Å². The molecule has 96 valence electrons. The van der Waals surface area contributed by atoms with Gasteiger partial charge in [0, 0.05) is 11.3 Å². The van der Waals surface area contributed by atoms with Gasteiger partial charge in [0.15, 0.2) is 0 Å². The molecule has 2 atom stereocenters. The van der Waals surface area contributed by atoms with Crippen molar-refractivity contribution >= 4 is 11.9 Å². The molecule has 2 unspecified atom stereocenters. The third kappa shape index (κ3) is 1.10. The predicted octanol–water partition coefficient (Wildman–Crippen LogP) is 1.91. The summed E-state index contributed by atoms with van der Waals surface area (Å²) < 4.78 is 0. The van der Waals surface area contributed by atoms with E-state index in [2.05, 4.69) is 12.2 Å². The van der Waals surface area contributed by atoms with E-state index in [1.54, 1.807) is 0 Å². The van der Waals surface area contributed by atoms with Crippen molar-refractivity contribution in [1.82, 2.24) is 0 Å². The van der Waals surface area contributed by atoms with Crippen LogP contribution in [0.2, 0.25) is 0 Å². The molecule has 4 aliphatic rings. The van der Waals surface area contributed by atoms with Crippen molar-refractivity contribution in [2.24, 2.45) is 16.7 Å². The molecule has 1 saturated carbocycles. The Balaban J connectivity index is 1.97. The summed E-state index contributed by atoms with van der Waals surface area (Å²) in [6.07, 6.45) is 11.9. The molecule has 0 heterocycles. The van der Waals surface area contributed by atoms with Crippen LogP contribution in [0.15, 0.2) is 47.1 Å². The fourth-order valence-electron chi connectivity index (χ4n) is 3.65. The quantitative estimate of drug-likeness (QED) is 0.740. The molecular formula is C15H12O4. The Labute approximate surface area is 109 Å². The Morgan fingerprint density at radius 3 is 2.42 bits per heavy atom. The van der Waals surface area contributed by atoms with Crippen LogP contribution in [0.3, 0.4) is 0 Å². The Morgan fingerprint density at radius 1 is 1.11 bits per heavy atom. The molecule has 0 saturated heterocycles. The Hall–Kier alpha value is -2.10. The number of carboxylic acid groups (broad SMARTS) is 2. The minimum Gasteiger partial charge on any atom is -0.478 e. The second kappa shape index (κ2) is 2.90. The van der Waals surface area contributed by atoms with E-state index >= 15 is 0 Å². The lowest BCUT2D eigenvalue weighted by Crippen LogP contribution is -2.25. The molecule has 4 nitrogen and oxygen atoms in total. The molecule has 2 N–H and O–H groups in total. The molecule has 0 aromatic carbocycles. The fraction of sp³-hybridized carbons (Fsp3) is 0.333. The number of aliphatic carboxylic acids is 2. The summed E-state index contributed by atoms with van der Waals surface area (Å²) in [5, 5.41) is 18.8. The first-order valence-electron chi connectivity index (χ1n) is 6.33. The van der Waals surface area contributed by atoms with E-state index in [9.17, 15) is 19.8 Å². The van der Waals surface area contributed by atoms with Crippen LogP contribution in [0.1, 0.15) is 12.8 Å². The van der Waals surface area contributed by atoms with Crippen molar-refractivity contribution < 1.29 is 19.8 Å². The summed E-state index contributed by atoms with van der Waals surface area (Å²) in [6, 6.07) is 0. The molecule has 4 rings (SSSR count). The van der Waals surface area contributed by atoms with Gasteiger partial charge in [-0.05, 0) is 18.4 Å². The summed E-state index contributed by atoms with van der Waals surface area (Å²) >= 11 is 0. The Bertz CT molecular complexity index is 658. The number of carboxylic acids is 2. The average Bonchev–Trinajstić information content (AvgIpc) is 2.92. The molecule has 0 aromatic rings. The number of hydrogen-bond acceptors (Lipinski definition) is 2. The van der Waals surface area contributed by atoms with Gasteiger partial charge in [-0.1, -0.05) is 30.4 Å². The second-order valence-electron chi connectivity index (χ2n) is 5.77. The van der Waals surface area contributed by atoms with Gasteiger partial charge in [-0.3, -0.25) is 0 Å². The lowest BCUT2D eigenvalue weighted by Gasteiger charge is -2.28. The van der Waals surface area contributed by atoms with Crippen LogP contribution in [0.25, 0.3) is 0 Å². The summed E-state index contributed by atoms with van der Waals surface area (Å²) in [6.45, 7) is 0. The molecule has 1 fully saturated rings. The predicted molar refractivity (Wildman–Crippen MR) is 66.3 cm³/mol. The van der Waals surface area contributed by atoms with Gasteiger partial charge in [-0.2, -0.15) is 0 Å². The molecule has 4 heteroatoms. The highest BCUT2D eigenvalue weighted by Gasteiger charge is 2.58. The van der Waals surface area contributed by atoms with E-state index in [0.29, 0.717) is 0 Å². The SMILES string of the molecule is O=C(O)C1=C(C(=O)O)C23C=CC1C2=CC1(C=C3)CC1. The lowest BCUT2D eigenvalue weighted by molar-refractivity contribution is -0.136. The Morgan fingerprint density at radius 2 is 1.84 bits per heavy atom. The molecule has 0 aromatic heterocycles.